The zero-order chi connectivity index (χ0) is 19.0. The fourth-order valence-corrected chi connectivity index (χ4v) is 4.24. The van der Waals surface area contributed by atoms with Gasteiger partial charge in [0.05, 0.1) is 0 Å². The molecule has 27 heavy (non-hydrogen) atoms. The lowest BCUT2D eigenvalue weighted by Gasteiger charge is -2.29. The second-order valence-electron chi connectivity index (χ2n) is 7.77. The highest BCUT2D eigenvalue weighted by molar-refractivity contribution is 6.05. The second kappa shape index (κ2) is 7.40. The predicted octanol–water partition coefficient (Wildman–Crippen LogP) is 0.631. The zero-order valence-corrected chi connectivity index (χ0v) is 15.7. The maximum atomic E-state index is 12.9. The summed E-state index contributed by atoms with van der Waals surface area (Å²) in [4.78, 5) is 40.5. The van der Waals surface area contributed by atoms with Crippen molar-refractivity contribution in [1.29, 1.82) is 0 Å². The number of imide groups is 1. The summed E-state index contributed by atoms with van der Waals surface area (Å²) >= 11 is 0. The maximum Gasteiger partial charge on any atom is 0.255 e. The Kier molecular flexibility index (Phi) is 4.97. The molecule has 7 nitrogen and oxygen atoms in total. The monoisotopic (exact) mass is 370 g/mol. The molecule has 0 bridgehead atoms. The van der Waals surface area contributed by atoms with E-state index in [-0.39, 0.29) is 24.1 Å². The minimum absolute atomic E-state index is 0.105. The van der Waals surface area contributed by atoms with Crippen LogP contribution in [0.4, 0.5) is 0 Å². The van der Waals surface area contributed by atoms with E-state index >= 15 is 0 Å². The quantitative estimate of drug-likeness (QED) is 0.763. The van der Waals surface area contributed by atoms with Crippen molar-refractivity contribution in [2.75, 3.05) is 19.6 Å². The summed E-state index contributed by atoms with van der Waals surface area (Å²) in [6.45, 7) is 6.55. The molecule has 2 fully saturated rings. The van der Waals surface area contributed by atoms with Crippen molar-refractivity contribution in [2.45, 2.75) is 51.4 Å². The Morgan fingerprint density at radius 1 is 1.22 bits per heavy atom. The van der Waals surface area contributed by atoms with Crippen molar-refractivity contribution >= 4 is 17.7 Å². The van der Waals surface area contributed by atoms with Gasteiger partial charge in [-0.3, -0.25) is 24.6 Å². The first-order valence-electron chi connectivity index (χ1n) is 9.74. The fraction of sp³-hybridized carbons (Fsp3) is 0.550. The van der Waals surface area contributed by atoms with Crippen LogP contribution in [0.25, 0.3) is 0 Å². The number of rotatable bonds is 3. The van der Waals surface area contributed by atoms with E-state index in [0.717, 1.165) is 43.7 Å². The summed E-state index contributed by atoms with van der Waals surface area (Å²) < 4.78 is 0. The lowest BCUT2D eigenvalue weighted by molar-refractivity contribution is -0.136. The molecule has 7 heteroatoms. The molecule has 2 atom stereocenters. The van der Waals surface area contributed by atoms with Crippen LogP contribution in [-0.2, 0) is 22.7 Å². The number of benzene rings is 1. The third-order valence-corrected chi connectivity index (χ3v) is 5.84. The average molecular weight is 370 g/mol. The summed E-state index contributed by atoms with van der Waals surface area (Å²) in [6.07, 6.45) is 1.80. The average Bonchev–Trinajstić information content (AvgIpc) is 2.82. The van der Waals surface area contributed by atoms with Crippen molar-refractivity contribution in [2.24, 2.45) is 0 Å². The van der Waals surface area contributed by atoms with E-state index in [2.05, 4.69) is 28.5 Å². The summed E-state index contributed by atoms with van der Waals surface area (Å²) in [5, 5.41) is 5.79. The number of carbonyl (C=O) groups is 3. The van der Waals surface area contributed by atoms with Gasteiger partial charge in [0.15, 0.2) is 0 Å². The molecule has 4 rings (SSSR count). The molecule has 144 valence electrons. The number of nitrogens with zero attached hydrogens (tertiary/aromatic N) is 2. The molecule has 0 saturated carbocycles. The van der Waals surface area contributed by atoms with Crippen LogP contribution in [0, 0.1) is 0 Å². The van der Waals surface area contributed by atoms with E-state index in [0.29, 0.717) is 24.6 Å². The van der Waals surface area contributed by atoms with Crippen LogP contribution >= 0.6 is 0 Å². The van der Waals surface area contributed by atoms with Crippen LogP contribution in [0.5, 0.6) is 0 Å². The Morgan fingerprint density at radius 3 is 2.89 bits per heavy atom. The molecular formula is C20H26N4O3. The number of hydrogen-bond acceptors (Lipinski definition) is 5. The first-order valence-corrected chi connectivity index (χ1v) is 9.74. The van der Waals surface area contributed by atoms with Crippen molar-refractivity contribution in [3.63, 3.8) is 0 Å². The minimum Gasteiger partial charge on any atom is -0.322 e. The Bertz CT molecular complexity index is 778. The Hall–Kier alpha value is -2.25. The Labute approximate surface area is 159 Å². The van der Waals surface area contributed by atoms with E-state index in [1.165, 1.54) is 0 Å². The highest BCUT2D eigenvalue weighted by atomic mass is 16.2. The van der Waals surface area contributed by atoms with Gasteiger partial charge in [-0.1, -0.05) is 12.1 Å². The summed E-state index contributed by atoms with van der Waals surface area (Å²) in [7, 11) is 0. The SMILES string of the molecule is C[C@@H]1CNCCCN1Cc1ccc2c(c1)C(=O)N(C1CCC(=O)NC1=O)C2. The van der Waals surface area contributed by atoms with E-state index in [1.54, 1.807) is 4.90 Å². The van der Waals surface area contributed by atoms with Gasteiger partial charge >= 0.3 is 0 Å². The summed E-state index contributed by atoms with van der Waals surface area (Å²) in [6, 6.07) is 5.98. The molecule has 3 heterocycles. The van der Waals surface area contributed by atoms with E-state index in [4.69, 9.17) is 0 Å². The van der Waals surface area contributed by atoms with Gasteiger partial charge in [-0.25, -0.2) is 0 Å². The first-order chi connectivity index (χ1) is 13.0. The fourth-order valence-electron chi connectivity index (χ4n) is 4.24. The third-order valence-electron chi connectivity index (χ3n) is 5.84. The Morgan fingerprint density at radius 2 is 2.07 bits per heavy atom. The van der Waals surface area contributed by atoms with Gasteiger partial charge in [-0.05, 0) is 43.5 Å². The molecule has 0 aromatic heterocycles. The maximum absolute atomic E-state index is 12.9. The second-order valence-corrected chi connectivity index (χ2v) is 7.77. The number of carbonyl (C=O) groups excluding carboxylic acids is 3. The molecule has 2 saturated heterocycles. The molecule has 3 aliphatic heterocycles. The number of amides is 3. The van der Waals surface area contributed by atoms with Gasteiger partial charge in [-0.2, -0.15) is 0 Å². The number of fused-ring (bicyclic) bond motifs is 1. The van der Waals surface area contributed by atoms with Gasteiger partial charge in [0.25, 0.3) is 5.91 Å². The molecule has 0 radical (unpaired) electrons. The summed E-state index contributed by atoms with van der Waals surface area (Å²) in [5.41, 5.74) is 2.78. The number of nitrogens with one attached hydrogen (secondary N) is 2. The van der Waals surface area contributed by atoms with Crippen molar-refractivity contribution < 1.29 is 14.4 Å². The molecule has 0 aliphatic carbocycles. The van der Waals surface area contributed by atoms with Crippen molar-refractivity contribution in [1.82, 2.24) is 20.4 Å². The lowest BCUT2D eigenvalue weighted by Crippen LogP contribution is -2.52. The van der Waals surface area contributed by atoms with Gasteiger partial charge in [0.1, 0.15) is 6.04 Å². The minimum atomic E-state index is -0.553. The van der Waals surface area contributed by atoms with Gasteiger partial charge < -0.3 is 10.2 Å². The largest absolute Gasteiger partial charge is 0.322 e. The number of piperidine rings is 1. The Balaban J connectivity index is 1.49. The first kappa shape index (κ1) is 18.1. The number of hydrogen-bond donors (Lipinski definition) is 2. The van der Waals surface area contributed by atoms with Crippen molar-refractivity contribution in [3.05, 3.63) is 34.9 Å². The lowest BCUT2D eigenvalue weighted by atomic mass is 10.0. The van der Waals surface area contributed by atoms with Crippen LogP contribution in [0.15, 0.2) is 18.2 Å². The molecule has 1 unspecified atom stereocenters. The smallest absolute Gasteiger partial charge is 0.255 e. The molecule has 2 N–H and O–H groups in total. The van der Waals surface area contributed by atoms with Crippen LogP contribution in [0.1, 0.15) is 47.7 Å². The van der Waals surface area contributed by atoms with Crippen LogP contribution in [-0.4, -0.2) is 59.2 Å². The molecule has 0 spiro atoms. The van der Waals surface area contributed by atoms with Crippen molar-refractivity contribution in [3.8, 4) is 0 Å². The topological polar surface area (TPSA) is 81.8 Å². The normalized spacial score (nSPS) is 26.7. The predicted molar refractivity (Wildman–Crippen MR) is 99.8 cm³/mol. The van der Waals surface area contributed by atoms with Gasteiger partial charge in [0, 0.05) is 44.2 Å². The summed E-state index contributed by atoms with van der Waals surface area (Å²) in [5.74, 6) is -0.728. The molecule has 1 aromatic carbocycles. The van der Waals surface area contributed by atoms with Crippen LogP contribution < -0.4 is 10.6 Å². The zero-order valence-electron chi connectivity index (χ0n) is 15.7. The molecule has 3 amide bonds. The molecule has 3 aliphatic rings. The van der Waals surface area contributed by atoms with Gasteiger partial charge in [0.2, 0.25) is 11.8 Å². The van der Waals surface area contributed by atoms with Crippen LogP contribution in [0.3, 0.4) is 0 Å². The van der Waals surface area contributed by atoms with Gasteiger partial charge in [-0.15, -0.1) is 0 Å². The highest BCUT2D eigenvalue weighted by Crippen LogP contribution is 2.28. The highest BCUT2D eigenvalue weighted by Gasteiger charge is 2.39. The van der Waals surface area contributed by atoms with Crippen LogP contribution in [0.2, 0.25) is 0 Å². The standard InChI is InChI=1S/C20H26N4O3/c1-13-10-21-7-2-8-23(13)11-14-3-4-15-12-24(20(27)16(15)9-14)17-5-6-18(25)22-19(17)26/h3-4,9,13,17,21H,2,5-8,10-12H2,1H3,(H,22,25,26)/t13-,17?/m1/s1. The van der Waals surface area contributed by atoms with E-state index in [1.807, 2.05) is 12.1 Å². The van der Waals surface area contributed by atoms with E-state index in [9.17, 15) is 14.4 Å². The molecule has 1 aromatic rings. The van der Waals surface area contributed by atoms with E-state index < -0.39 is 6.04 Å². The third kappa shape index (κ3) is 3.61. The molecular weight excluding hydrogens is 344 g/mol.